The van der Waals surface area contributed by atoms with Crippen molar-refractivity contribution in [2.75, 3.05) is 6.61 Å². The first-order chi connectivity index (χ1) is 12.9. The van der Waals surface area contributed by atoms with E-state index >= 15 is 0 Å². The Labute approximate surface area is 165 Å². The van der Waals surface area contributed by atoms with Crippen LogP contribution in [-0.2, 0) is 9.53 Å². The van der Waals surface area contributed by atoms with Crippen molar-refractivity contribution in [3.63, 3.8) is 0 Å². The molecular formula is C22H25ClO4. The lowest BCUT2D eigenvalue weighted by atomic mass is 10.0. The van der Waals surface area contributed by atoms with Crippen LogP contribution in [0.4, 0.5) is 0 Å². The van der Waals surface area contributed by atoms with E-state index in [-0.39, 0.29) is 23.9 Å². The smallest absolute Gasteiger partial charge is 0.338 e. The average molecular weight is 389 g/mol. The zero-order valence-corrected chi connectivity index (χ0v) is 16.7. The fourth-order valence-electron chi connectivity index (χ4n) is 2.55. The Morgan fingerprint density at radius 2 is 1.52 bits per heavy atom. The Morgan fingerprint density at radius 3 is 2.04 bits per heavy atom. The van der Waals surface area contributed by atoms with E-state index in [1.165, 1.54) is 0 Å². The molecule has 4 nitrogen and oxygen atoms in total. The molecule has 0 saturated heterocycles. The molecule has 0 radical (unpaired) electrons. The highest BCUT2D eigenvalue weighted by molar-refractivity contribution is 6.20. The average Bonchev–Trinajstić information content (AvgIpc) is 2.66. The molecule has 0 amide bonds. The van der Waals surface area contributed by atoms with Gasteiger partial charge in [0.15, 0.2) is 0 Å². The van der Waals surface area contributed by atoms with Gasteiger partial charge in [0, 0.05) is 6.42 Å². The van der Waals surface area contributed by atoms with Crippen molar-refractivity contribution in [1.82, 2.24) is 0 Å². The van der Waals surface area contributed by atoms with Crippen molar-refractivity contribution < 1.29 is 19.1 Å². The van der Waals surface area contributed by atoms with Gasteiger partial charge in [-0.3, -0.25) is 4.79 Å². The van der Waals surface area contributed by atoms with E-state index < -0.39 is 0 Å². The fourth-order valence-corrected chi connectivity index (χ4v) is 2.97. The number of alkyl halides is 1. The molecule has 1 atom stereocenters. The summed E-state index contributed by atoms with van der Waals surface area (Å²) in [6.45, 7) is 6.12. The standard InChI is InChI=1S/C22H25ClO4/c1-4-21(24)27-20-11-9-17(10-12-20)16-5-7-18(8-6-16)22(25)26-14-19(23)13-15(2)3/h5-12,15,19H,4,13-14H2,1-3H3. The predicted octanol–water partition coefficient (Wildman–Crippen LogP) is 5.48. The molecule has 0 N–H and O–H groups in total. The van der Waals surface area contributed by atoms with Gasteiger partial charge in [0.25, 0.3) is 0 Å². The molecule has 0 heterocycles. The van der Waals surface area contributed by atoms with Gasteiger partial charge in [-0.25, -0.2) is 4.79 Å². The monoisotopic (exact) mass is 388 g/mol. The maximum absolute atomic E-state index is 12.1. The number of hydrogen-bond acceptors (Lipinski definition) is 4. The number of halogens is 1. The zero-order chi connectivity index (χ0) is 19.8. The third-order valence-corrected chi connectivity index (χ3v) is 4.26. The van der Waals surface area contributed by atoms with Gasteiger partial charge in [-0.15, -0.1) is 11.6 Å². The molecule has 0 spiro atoms. The van der Waals surface area contributed by atoms with Gasteiger partial charge in [0.05, 0.1) is 10.9 Å². The molecule has 1 unspecified atom stereocenters. The van der Waals surface area contributed by atoms with Gasteiger partial charge in [-0.2, -0.15) is 0 Å². The molecule has 0 saturated carbocycles. The number of esters is 2. The number of rotatable bonds is 8. The Hall–Kier alpha value is -2.33. The molecule has 144 valence electrons. The summed E-state index contributed by atoms with van der Waals surface area (Å²) in [4.78, 5) is 23.4. The number of carbonyl (C=O) groups excluding carboxylic acids is 2. The molecule has 0 aromatic heterocycles. The summed E-state index contributed by atoms with van der Waals surface area (Å²) in [6.07, 6.45) is 1.14. The second kappa shape index (κ2) is 10.1. The lowest BCUT2D eigenvalue weighted by molar-refractivity contribution is -0.134. The van der Waals surface area contributed by atoms with Crippen LogP contribution < -0.4 is 4.74 Å². The highest BCUT2D eigenvalue weighted by Gasteiger charge is 2.13. The molecule has 27 heavy (non-hydrogen) atoms. The Morgan fingerprint density at radius 1 is 0.963 bits per heavy atom. The second-order valence-electron chi connectivity index (χ2n) is 6.75. The van der Waals surface area contributed by atoms with E-state index in [0.717, 1.165) is 17.5 Å². The molecule has 0 aliphatic carbocycles. The molecule has 2 aromatic rings. The summed E-state index contributed by atoms with van der Waals surface area (Å²) < 4.78 is 10.4. The predicted molar refractivity (Wildman–Crippen MR) is 107 cm³/mol. The van der Waals surface area contributed by atoms with Crippen LogP contribution in [-0.4, -0.2) is 23.9 Å². The van der Waals surface area contributed by atoms with Gasteiger partial charge >= 0.3 is 11.9 Å². The third kappa shape index (κ3) is 6.72. The van der Waals surface area contributed by atoms with Gasteiger partial charge in [0.1, 0.15) is 12.4 Å². The summed E-state index contributed by atoms with van der Waals surface area (Å²) in [5.41, 5.74) is 2.40. The molecule has 0 fully saturated rings. The van der Waals surface area contributed by atoms with Crippen molar-refractivity contribution in [3.05, 3.63) is 54.1 Å². The number of carbonyl (C=O) groups is 2. The number of ether oxygens (including phenoxy) is 2. The quantitative estimate of drug-likeness (QED) is 0.341. The van der Waals surface area contributed by atoms with Crippen molar-refractivity contribution in [1.29, 1.82) is 0 Å². The van der Waals surface area contributed by atoms with Crippen LogP contribution in [0, 0.1) is 5.92 Å². The van der Waals surface area contributed by atoms with E-state index in [2.05, 4.69) is 13.8 Å². The van der Waals surface area contributed by atoms with Gasteiger partial charge < -0.3 is 9.47 Å². The van der Waals surface area contributed by atoms with Crippen molar-refractivity contribution in [3.8, 4) is 16.9 Å². The molecule has 0 bridgehead atoms. The van der Waals surface area contributed by atoms with Gasteiger partial charge in [0.2, 0.25) is 0 Å². The van der Waals surface area contributed by atoms with E-state index in [1.54, 1.807) is 31.2 Å². The minimum atomic E-state index is -0.377. The summed E-state index contributed by atoms with van der Waals surface area (Å²) in [6, 6.07) is 14.4. The van der Waals surface area contributed by atoms with Crippen LogP contribution in [0.1, 0.15) is 44.0 Å². The van der Waals surface area contributed by atoms with Crippen molar-refractivity contribution in [2.45, 2.75) is 39.0 Å². The van der Waals surface area contributed by atoms with Crippen molar-refractivity contribution in [2.24, 2.45) is 5.92 Å². The summed E-state index contributed by atoms with van der Waals surface area (Å²) >= 11 is 6.16. The molecule has 0 aliphatic rings. The molecular weight excluding hydrogens is 364 g/mol. The topological polar surface area (TPSA) is 52.6 Å². The zero-order valence-electron chi connectivity index (χ0n) is 15.9. The largest absolute Gasteiger partial charge is 0.461 e. The van der Waals surface area contributed by atoms with Crippen LogP contribution in [0.5, 0.6) is 5.75 Å². The molecule has 5 heteroatoms. The highest BCUT2D eigenvalue weighted by atomic mass is 35.5. The SMILES string of the molecule is CCC(=O)Oc1ccc(-c2ccc(C(=O)OCC(Cl)CC(C)C)cc2)cc1. The highest BCUT2D eigenvalue weighted by Crippen LogP contribution is 2.23. The minimum Gasteiger partial charge on any atom is -0.461 e. The van der Waals surface area contributed by atoms with Gasteiger partial charge in [-0.1, -0.05) is 45.0 Å². The molecule has 2 rings (SSSR count). The first-order valence-electron chi connectivity index (χ1n) is 9.11. The van der Waals surface area contributed by atoms with Crippen LogP contribution in [0.3, 0.4) is 0 Å². The lowest BCUT2D eigenvalue weighted by Crippen LogP contribution is -2.16. The minimum absolute atomic E-state index is 0.173. The Bertz CT molecular complexity index is 751. The van der Waals surface area contributed by atoms with Crippen LogP contribution in [0.15, 0.2) is 48.5 Å². The van der Waals surface area contributed by atoms with Gasteiger partial charge in [-0.05, 0) is 47.7 Å². The maximum atomic E-state index is 12.1. The molecule has 0 aliphatic heterocycles. The lowest BCUT2D eigenvalue weighted by Gasteiger charge is -2.12. The summed E-state index contributed by atoms with van der Waals surface area (Å²) in [7, 11) is 0. The third-order valence-electron chi connectivity index (χ3n) is 3.95. The van der Waals surface area contributed by atoms with Crippen LogP contribution in [0.2, 0.25) is 0 Å². The number of benzene rings is 2. The van der Waals surface area contributed by atoms with Crippen LogP contribution in [0.25, 0.3) is 11.1 Å². The van der Waals surface area contributed by atoms with E-state index in [1.807, 2.05) is 24.3 Å². The fraction of sp³-hybridized carbons (Fsp3) is 0.364. The summed E-state index contributed by atoms with van der Waals surface area (Å²) in [5, 5.41) is -0.173. The number of hydrogen-bond donors (Lipinski definition) is 0. The Kier molecular flexibility index (Phi) is 7.86. The normalized spacial score (nSPS) is 11.9. The maximum Gasteiger partial charge on any atom is 0.338 e. The van der Waals surface area contributed by atoms with E-state index in [4.69, 9.17) is 21.1 Å². The first-order valence-corrected chi connectivity index (χ1v) is 9.55. The molecule has 2 aromatic carbocycles. The van der Waals surface area contributed by atoms with E-state index in [9.17, 15) is 9.59 Å². The first kappa shape index (κ1) is 21.0. The van der Waals surface area contributed by atoms with E-state index in [0.29, 0.717) is 23.7 Å². The summed E-state index contributed by atoms with van der Waals surface area (Å²) in [5.74, 6) is 0.334. The Balaban J connectivity index is 1.96. The second-order valence-corrected chi connectivity index (χ2v) is 7.37. The van der Waals surface area contributed by atoms with Crippen LogP contribution >= 0.6 is 11.6 Å². The van der Waals surface area contributed by atoms with Crippen molar-refractivity contribution >= 4 is 23.5 Å².